The summed E-state index contributed by atoms with van der Waals surface area (Å²) in [5, 5.41) is 3.36. The van der Waals surface area contributed by atoms with E-state index in [0.29, 0.717) is 13.1 Å². The molecular weight excluding hydrogens is 417 g/mol. The van der Waals surface area contributed by atoms with Gasteiger partial charge in [0.15, 0.2) is 0 Å². The van der Waals surface area contributed by atoms with Crippen molar-refractivity contribution in [3.63, 3.8) is 0 Å². The van der Waals surface area contributed by atoms with Crippen molar-refractivity contribution in [3.8, 4) is 0 Å². The number of halogens is 3. The first kappa shape index (κ1) is 22.5. The van der Waals surface area contributed by atoms with Crippen LogP contribution in [-0.2, 0) is 11.3 Å². The number of anilines is 3. The van der Waals surface area contributed by atoms with Crippen LogP contribution in [0.25, 0.3) is 0 Å². The molecule has 172 valence electrons. The van der Waals surface area contributed by atoms with Crippen LogP contribution in [-0.4, -0.2) is 43.2 Å². The first-order chi connectivity index (χ1) is 15.3. The molecule has 2 aromatic carbocycles. The number of hydrogen-bond acceptors (Lipinski definition) is 4. The fourth-order valence-corrected chi connectivity index (χ4v) is 4.55. The molecule has 0 radical (unpaired) electrons. The van der Waals surface area contributed by atoms with Crippen LogP contribution in [0, 0.1) is 11.8 Å². The molecule has 0 aliphatic carbocycles. The fraction of sp³-hybridized carbons (Fsp3) is 0.458. The molecule has 8 heteroatoms. The second-order valence-corrected chi connectivity index (χ2v) is 8.79. The van der Waals surface area contributed by atoms with Gasteiger partial charge in [-0.2, -0.15) is 13.2 Å². The first-order valence-corrected chi connectivity index (χ1v) is 11.1. The number of amides is 1. The molecule has 0 bridgehead atoms. The largest absolute Gasteiger partial charge is 0.391 e. The highest BCUT2D eigenvalue weighted by molar-refractivity contribution is 5.77. The lowest BCUT2D eigenvalue weighted by atomic mass is 9.96. The summed E-state index contributed by atoms with van der Waals surface area (Å²) >= 11 is 0. The average Bonchev–Trinajstić information content (AvgIpc) is 3.24. The minimum atomic E-state index is -4.09. The molecule has 3 N–H and O–H groups in total. The SMILES string of the molecule is NC(=O)C1CCN(Cc2ccc(Nc3ccc(N4CCC(C(F)(F)F)CC4)cc3)cc2)C1. The van der Waals surface area contributed by atoms with Crippen molar-refractivity contribution in [2.45, 2.75) is 32.0 Å². The van der Waals surface area contributed by atoms with Gasteiger partial charge in [0.1, 0.15) is 0 Å². The van der Waals surface area contributed by atoms with Gasteiger partial charge >= 0.3 is 6.18 Å². The van der Waals surface area contributed by atoms with Gasteiger partial charge in [-0.05, 0) is 67.8 Å². The van der Waals surface area contributed by atoms with Gasteiger partial charge in [0, 0.05) is 43.2 Å². The number of carbonyl (C=O) groups excluding carboxylic acids is 1. The lowest BCUT2D eigenvalue weighted by Crippen LogP contribution is -2.38. The summed E-state index contributed by atoms with van der Waals surface area (Å²) in [5.41, 5.74) is 9.42. The predicted molar refractivity (Wildman–Crippen MR) is 120 cm³/mol. The number of nitrogens with zero attached hydrogens (tertiary/aromatic N) is 2. The fourth-order valence-electron chi connectivity index (χ4n) is 4.55. The second kappa shape index (κ2) is 9.40. The Morgan fingerprint density at radius 3 is 2.06 bits per heavy atom. The summed E-state index contributed by atoms with van der Waals surface area (Å²) in [5.74, 6) is -1.45. The Morgan fingerprint density at radius 2 is 1.53 bits per heavy atom. The van der Waals surface area contributed by atoms with Gasteiger partial charge in [0.05, 0.1) is 11.8 Å². The second-order valence-electron chi connectivity index (χ2n) is 8.79. The summed E-state index contributed by atoms with van der Waals surface area (Å²) in [6, 6.07) is 16.0. The zero-order chi connectivity index (χ0) is 22.7. The van der Waals surface area contributed by atoms with Crippen LogP contribution in [0.2, 0.25) is 0 Å². The van der Waals surface area contributed by atoms with Crippen LogP contribution in [0.3, 0.4) is 0 Å². The first-order valence-electron chi connectivity index (χ1n) is 11.1. The number of piperidine rings is 1. The summed E-state index contributed by atoms with van der Waals surface area (Å²) in [6.07, 6.45) is -2.96. The van der Waals surface area contributed by atoms with Crippen molar-refractivity contribution in [1.82, 2.24) is 4.90 Å². The van der Waals surface area contributed by atoms with E-state index in [1.165, 1.54) is 5.56 Å². The number of rotatable bonds is 6. The van der Waals surface area contributed by atoms with Gasteiger partial charge in [0.2, 0.25) is 5.91 Å². The zero-order valence-corrected chi connectivity index (χ0v) is 17.9. The summed E-state index contributed by atoms with van der Waals surface area (Å²) in [7, 11) is 0. The number of nitrogens with two attached hydrogens (primary N) is 1. The molecule has 2 fully saturated rings. The van der Waals surface area contributed by atoms with Gasteiger partial charge in [-0.1, -0.05) is 12.1 Å². The Balaban J connectivity index is 1.28. The number of hydrogen-bond donors (Lipinski definition) is 2. The highest BCUT2D eigenvalue weighted by atomic mass is 19.4. The number of primary amides is 1. The highest BCUT2D eigenvalue weighted by Crippen LogP contribution is 2.35. The van der Waals surface area contributed by atoms with Crippen molar-refractivity contribution in [2.24, 2.45) is 17.6 Å². The molecule has 2 saturated heterocycles. The van der Waals surface area contributed by atoms with E-state index in [-0.39, 0.29) is 24.7 Å². The summed E-state index contributed by atoms with van der Waals surface area (Å²) in [4.78, 5) is 15.6. The predicted octanol–water partition coefficient (Wildman–Crippen LogP) is 4.52. The molecule has 0 saturated carbocycles. The Kier molecular flexibility index (Phi) is 6.60. The molecule has 0 aromatic heterocycles. The number of carbonyl (C=O) groups is 1. The van der Waals surface area contributed by atoms with Crippen molar-refractivity contribution in [1.29, 1.82) is 0 Å². The minimum absolute atomic E-state index is 0.0464. The summed E-state index contributed by atoms with van der Waals surface area (Å²) in [6.45, 7) is 3.25. The summed E-state index contributed by atoms with van der Waals surface area (Å²) < 4.78 is 38.6. The van der Waals surface area contributed by atoms with Crippen molar-refractivity contribution in [3.05, 3.63) is 54.1 Å². The van der Waals surface area contributed by atoms with Crippen LogP contribution in [0.4, 0.5) is 30.2 Å². The number of alkyl halides is 3. The van der Waals surface area contributed by atoms with E-state index in [2.05, 4.69) is 22.3 Å². The molecule has 2 aliphatic rings. The Hall–Kier alpha value is -2.74. The van der Waals surface area contributed by atoms with E-state index in [4.69, 9.17) is 5.73 Å². The van der Waals surface area contributed by atoms with Crippen molar-refractivity contribution < 1.29 is 18.0 Å². The molecule has 4 rings (SSSR count). The number of likely N-dealkylation sites (tertiary alicyclic amines) is 1. The lowest BCUT2D eigenvalue weighted by Gasteiger charge is -2.34. The average molecular weight is 447 g/mol. The Morgan fingerprint density at radius 1 is 0.938 bits per heavy atom. The standard InChI is InChI=1S/C24H29F3N4O/c25-24(26,27)19-10-13-31(14-11-19)22-7-5-21(6-8-22)29-20-3-1-17(2-4-20)15-30-12-9-18(16-30)23(28)32/h1-8,18-19,29H,9-16H2,(H2,28,32). The molecule has 1 amide bonds. The third kappa shape index (κ3) is 5.54. The van der Waals surface area contributed by atoms with Crippen molar-refractivity contribution >= 4 is 23.0 Å². The maximum absolute atomic E-state index is 12.9. The van der Waals surface area contributed by atoms with E-state index in [1.54, 1.807) is 0 Å². The maximum atomic E-state index is 12.9. The van der Waals surface area contributed by atoms with Gasteiger partial charge < -0.3 is 16.0 Å². The molecule has 2 aromatic rings. The highest BCUT2D eigenvalue weighted by Gasteiger charge is 2.41. The molecule has 2 heterocycles. The van der Waals surface area contributed by atoms with E-state index in [9.17, 15) is 18.0 Å². The van der Waals surface area contributed by atoms with Crippen molar-refractivity contribution in [2.75, 3.05) is 36.4 Å². The van der Waals surface area contributed by atoms with E-state index in [1.807, 2.05) is 41.3 Å². The molecular formula is C24H29F3N4O. The smallest absolute Gasteiger partial charge is 0.372 e. The van der Waals surface area contributed by atoms with Gasteiger partial charge in [-0.25, -0.2) is 0 Å². The molecule has 1 atom stereocenters. The van der Waals surface area contributed by atoms with Crippen LogP contribution in [0.1, 0.15) is 24.8 Å². The Labute approximate surface area is 186 Å². The van der Waals surface area contributed by atoms with Crippen LogP contribution < -0.4 is 16.0 Å². The number of benzene rings is 2. The molecule has 0 spiro atoms. The maximum Gasteiger partial charge on any atom is 0.391 e. The Bertz CT molecular complexity index is 906. The quantitative estimate of drug-likeness (QED) is 0.685. The molecule has 32 heavy (non-hydrogen) atoms. The van der Waals surface area contributed by atoms with E-state index in [0.717, 1.165) is 43.1 Å². The van der Waals surface area contributed by atoms with Gasteiger partial charge in [-0.15, -0.1) is 0 Å². The topological polar surface area (TPSA) is 61.6 Å². The van der Waals surface area contributed by atoms with Crippen LogP contribution in [0.5, 0.6) is 0 Å². The van der Waals surface area contributed by atoms with E-state index >= 15 is 0 Å². The zero-order valence-electron chi connectivity index (χ0n) is 17.9. The molecule has 5 nitrogen and oxygen atoms in total. The number of nitrogens with one attached hydrogen (secondary N) is 1. The van der Waals surface area contributed by atoms with Crippen LogP contribution >= 0.6 is 0 Å². The van der Waals surface area contributed by atoms with Gasteiger partial charge in [0.25, 0.3) is 0 Å². The molecule has 2 aliphatic heterocycles. The molecule has 1 unspecified atom stereocenters. The van der Waals surface area contributed by atoms with Crippen LogP contribution in [0.15, 0.2) is 48.5 Å². The minimum Gasteiger partial charge on any atom is -0.372 e. The third-order valence-corrected chi connectivity index (χ3v) is 6.51. The van der Waals surface area contributed by atoms with Gasteiger partial charge in [-0.3, -0.25) is 9.69 Å². The third-order valence-electron chi connectivity index (χ3n) is 6.51. The van der Waals surface area contributed by atoms with E-state index < -0.39 is 12.1 Å². The lowest BCUT2D eigenvalue weighted by molar-refractivity contribution is -0.179. The normalized spacial score (nSPS) is 20.5. The monoisotopic (exact) mass is 446 g/mol.